The van der Waals surface area contributed by atoms with E-state index in [2.05, 4.69) is 15.3 Å². The molecule has 0 aliphatic heterocycles. The average molecular weight is 234 g/mol. The van der Waals surface area contributed by atoms with E-state index in [1.54, 1.807) is 30.6 Å². The van der Waals surface area contributed by atoms with Gasteiger partial charge in [0.15, 0.2) is 0 Å². The number of anilines is 1. The number of carbonyl (C=O) groups excluding carboxylic acids is 1. The van der Waals surface area contributed by atoms with Crippen molar-refractivity contribution < 1.29 is 4.79 Å². The minimum absolute atomic E-state index is 0.226. The Labute approximate surface area is 97.3 Å². The second kappa shape index (κ2) is 4.72. The summed E-state index contributed by atoms with van der Waals surface area (Å²) in [5.41, 5.74) is 1.16. The first-order valence-electron chi connectivity index (χ1n) is 4.58. The maximum Gasteiger partial charge on any atom is 0.255 e. The fourth-order valence-corrected chi connectivity index (χ4v) is 1.36. The molecule has 0 saturated heterocycles. The highest BCUT2D eigenvalue weighted by Crippen LogP contribution is 2.10. The lowest BCUT2D eigenvalue weighted by atomic mass is 10.2. The number of nitrogens with one attached hydrogen (secondary N) is 1. The van der Waals surface area contributed by atoms with Crippen LogP contribution < -0.4 is 5.32 Å². The van der Waals surface area contributed by atoms with Crippen molar-refractivity contribution in [2.45, 2.75) is 0 Å². The molecule has 0 radical (unpaired) electrons. The largest absolute Gasteiger partial charge is 0.322 e. The molecule has 80 valence electrons. The fourth-order valence-electron chi connectivity index (χ4n) is 1.18. The van der Waals surface area contributed by atoms with Gasteiger partial charge < -0.3 is 5.32 Å². The van der Waals surface area contributed by atoms with E-state index in [4.69, 9.17) is 11.6 Å². The van der Waals surface area contributed by atoms with Crippen LogP contribution in [0.5, 0.6) is 0 Å². The molecule has 16 heavy (non-hydrogen) atoms. The lowest BCUT2D eigenvalue weighted by Gasteiger charge is -2.04. The quantitative estimate of drug-likeness (QED) is 0.811. The zero-order valence-corrected chi connectivity index (χ0v) is 8.98. The number of halogens is 1. The summed E-state index contributed by atoms with van der Waals surface area (Å²) in [6, 6.07) is 6.53. The molecule has 4 nitrogen and oxygen atoms in total. The van der Waals surface area contributed by atoms with Crippen molar-refractivity contribution in [1.29, 1.82) is 0 Å². The average Bonchev–Trinajstić information content (AvgIpc) is 2.30. The summed E-state index contributed by atoms with van der Waals surface area (Å²) < 4.78 is 0. The van der Waals surface area contributed by atoms with E-state index in [9.17, 15) is 4.79 Å². The SMILES string of the molecule is O=C(Nc1ccncc1)c1ccnc(Cl)c1. The van der Waals surface area contributed by atoms with E-state index in [-0.39, 0.29) is 5.91 Å². The molecule has 5 heteroatoms. The number of hydrogen-bond acceptors (Lipinski definition) is 3. The number of carbonyl (C=O) groups is 1. The van der Waals surface area contributed by atoms with Crippen molar-refractivity contribution in [3.05, 3.63) is 53.6 Å². The monoisotopic (exact) mass is 233 g/mol. The molecule has 0 saturated carbocycles. The van der Waals surface area contributed by atoms with Gasteiger partial charge in [0, 0.05) is 29.8 Å². The molecule has 0 unspecified atom stereocenters. The van der Waals surface area contributed by atoms with Crippen LogP contribution in [0.4, 0.5) is 5.69 Å². The molecule has 2 rings (SSSR count). The molecule has 1 N–H and O–H groups in total. The maximum absolute atomic E-state index is 11.7. The highest BCUT2D eigenvalue weighted by atomic mass is 35.5. The van der Waals surface area contributed by atoms with Gasteiger partial charge in [-0.25, -0.2) is 4.98 Å². The van der Waals surface area contributed by atoms with Gasteiger partial charge in [0.2, 0.25) is 0 Å². The first kappa shape index (κ1) is 10.6. The Hall–Kier alpha value is -1.94. The summed E-state index contributed by atoms with van der Waals surface area (Å²) in [7, 11) is 0. The second-order valence-electron chi connectivity index (χ2n) is 3.06. The Bertz CT molecular complexity index is 502. The Morgan fingerprint density at radius 2 is 1.94 bits per heavy atom. The molecule has 2 heterocycles. The second-order valence-corrected chi connectivity index (χ2v) is 3.44. The van der Waals surface area contributed by atoms with Crippen molar-refractivity contribution in [1.82, 2.24) is 9.97 Å². The van der Waals surface area contributed by atoms with Crippen molar-refractivity contribution in [3.8, 4) is 0 Å². The third-order valence-electron chi connectivity index (χ3n) is 1.93. The van der Waals surface area contributed by atoms with Gasteiger partial charge in [-0.1, -0.05) is 11.6 Å². The lowest BCUT2D eigenvalue weighted by Crippen LogP contribution is -2.11. The van der Waals surface area contributed by atoms with Crippen LogP contribution in [-0.4, -0.2) is 15.9 Å². The van der Waals surface area contributed by atoms with Crippen LogP contribution in [0.25, 0.3) is 0 Å². The Morgan fingerprint density at radius 3 is 2.62 bits per heavy atom. The van der Waals surface area contributed by atoms with Gasteiger partial charge in [-0.05, 0) is 24.3 Å². The number of rotatable bonds is 2. The summed E-state index contributed by atoms with van der Waals surface area (Å²) >= 11 is 5.69. The standard InChI is InChI=1S/C11H8ClN3O/c12-10-7-8(1-6-14-10)11(16)15-9-2-4-13-5-3-9/h1-7H,(H,13,15,16). The number of aromatic nitrogens is 2. The molecule has 0 fully saturated rings. The van der Waals surface area contributed by atoms with E-state index in [0.29, 0.717) is 16.4 Å². The van der Waals surface area contributed by atoms with Crippen LogP contribution in [0.1, 0.15) is 10.4 Å². The molecular formula is C11H8ClN3O. The summed E-state index contributed by atoms with van der Waals surface area (Å²) in [6.07, 6.45) is 4.70. The van der Waals surface area contributed by atoms with Gasteiger partial charge in [0.05, 0.1) is 0 Å². The first-order valence-corrected chi connectivity index (χ1v) is 4.96. The van der Waals surface area contributed by atoms with E-state index in [1.165, 1.54) is 12.3 Å². The van der Waals surface area contributed by atoms with Crippen LogP contribution in [0, 0.1) is 0 Å². The molecule has 0 atom stereocenters. The van der Waals surface area contributed by atoms with Crippen molar-refractivity contribution in [2.24, 2.45) is 0 Å². The van der Waals surface area contributed by atoms with Gasteiger partial charge in [-0.3, -0.25) is 9.78 Å². The Balaban J connectivity index is 2.15. The number of amides is 1. The van der Waals surface area contributed by atoms with Crippen LogP contribution >= 0.6 is 11.6 Å². The van der Waals surface area contributed by atoms with Crippen molar-refractivity contribution in [3.63, 3.8) is 0 Å². The molecule has 0 aromatic carbocycles. The third kappa shape index (κ3) is 2.55. The summed E-state index contributed by atoms with van der Waals surface area (Å²) in [4.78, 5) is 19.4. The zero-order valence-electron chi connectivity index (χ0n) is 8.22. The number of nitrogens with zero attached hydrogens (tertiary/aromatic N) is 2. The maximum atomic E-state index is 11.7. The minimum atomic E-state index is -0.226. The van der Waals surface area contributed by atoms with Crippen LogP contribution in [0.15, 0.2) is 42.9 Å². The first-order chi connectivity index (χ1) is 7.75. The predicted octanol–water partition coefficient (Wildman–Crippen LogP) is 2.38. The normalized spacial score (nSPS) is 9.81. The Kier molecular flexibility index (Phi) is 3.12. The summed E-state index contributed by atoms with van der Waals surface area (Å²) in [6.45, 7) is 0. The van der Waals surface area contributed by atoms with Crippen molar-refractivity contribution >= 4 is 23.2 Å². The van der Waals surface area contributed by atoms with Gasteiger partial charge >= 0.3 is 0 Å². The molecular weight excluding hydrogens is 226 g/mol. The van der Waals surface area contributed by atoms with Crippen LogP contribution in [-0.2, 0) is 0 Å². The number of pyridine rings is 2. The lowest BCUT2D eigenvalue weighted by molar-refractivity contribution is 0.102. The number of hydrogen-bond donors (Lipinski definition) is 1. The molecule has 1 amide bonds. The van der Waals surface area contributed by atoms with Gasteiger partial charge in [-0.15, -0.1) is 0 Å². The molecule has 0 aliphatic carbocycles. The summed E-state index contributed by atoms with van der Waals surface area (Å²) in [5.74, 6) is -0.226. The van der Waals surface area contributed by atoms with E-state index < -0.39 is 0 Å². The van der Waals surface area contributed by atoms with Crippen LogP contribution in [0.2, 0.25) is 5.15 Å². The van der Waals surface area contributed by atoms with E-state index in [0.717, 1.165) is 0 Å². The highest BCUT2D eigenvalue weighted by Gasteiger charge is 2.06. The van der Waals surface area contributed by atoms with Crippen molar-refractivity contribution in [2.75, 3.05) is 5.32 Å². The summed E-state index contributed by atoms with van der Waals surface area (Å²) in [5, 5.41) is 3.01. The predicted molar refractivity (Wildman–Crippen MR) is 61.4 cm³/mol. The van der Waals surface area contributed by atoms with E-state index >= 15 is 0 Å². The van der Waals surface area contributed by atoms with Gasteiger partial charge in [0.1, 0.15) is 5.15 Å². The molecule has 0 aliphatic rings. The topological polar surface area (TPSA) is 54.9 Å². The molecule has 2 aromatic rings. The zero-order chi connectivity index (χ0) is 11.4. The Morgan fingerprint density at radius 1 is 1.19 bits per heavy atom. The van der Waals surface area contributed by atoms with Gasteiger partial charge in [-0.2, -0.15) is 0 Å². The minimum Gasteiger partial charge on any atom is -0.322 e. The van der Waals surface area contributed by atoms with Crippen LogP contribution in [0.3, 0.4) is 0 Å². The molecule has 2 aromatic heterocycles. The third-order valence-corrected chi connectivity index (χ3v) is 2.13. The van der Waals surface area contributed by atoms with E-state index in [1.807, 2.05) is 0 Å². The molecule has 0 spiro atoms. The smallest absolute Gasteiger partial charge is 0.255 e. The fraction of sp³-hybridized carbons (Fsp3) is 0. The highest BCUT2D eigenvalue weighted by molar-refractivity contribution is 6.29. The van der Waals surface area contributed by atoms with Gasteiger partial charge in [0.25, 0.3) is 5.91 Å². The molecule has 0 bridgehead atoms.